The average Bonchev–Trinajstić information content (AvgIpc) is 2.76. The first-order valence-electron chi connectivity index (χ1n) is 7.89. The summed E-state index contributed by atoms with van der Waals surface area (Å²) < 4.78 is 1.16. The third kappa shape index (κ3) is 2.03. The molecule has 2 aromatic carbocycles. The first-order chi connectivity index (χ1) is 10.6. The molecule has 2 aliphatic rings. The maximum Gasteiger partial charge on any atom is 0.0178 e. The van der Waals surface area contributed by atoms with E-state index in [9.17, 15) is 0 Å². The standard InChI is InChI=1S/C21H19Br/c1-21(2)19-12-15(14-6-4-3-5-7-14)8-10-17(19)18-11-9-16(22)13-20(18)21/h4,6-13H,3,5H2,1-2H3. The number of halogens is 1. The molecule has 2 aromatic rings. The molecule has 4 rings (SSSR count). The smallest absolute Gasteiger partial charge is 0.0178 e. The molecule has 110 valence electrons. The zero-order chi connectivity index (χ0) is 15.3. The van der Waals surface area contributed by atoms with Crippen LogP contribution in [0.2, 0.25) is 0 Å². The van der Waals surface area contributed by atoms with Crippen LogP contribution < -0.4 is 0 Å². The molecule has 0 N–H and O–H groups in total. The molecule has 0 nitrogen and oxygen atoms in total. The van der Waals surface area contributed by atoms with Crippen molar-refractivity contribution >= 4 is 21.5 Å². The van der Waals surface area contributed by atoms with E-state index in [2.05, 4.69) is 84.4 Å². The van der Waals surface area contributed by atoms with Crippen LogP contribution in [0.25, 0.3) is 16.7 Å². The molecule has 0 amide bonds. The Morgan fingerprint density at radius 1 is 0.909 bits per heavy atom. The minimum Gasteiger partial charge on any atom is -0.0836 e. The molecule has 0 fully saturated rings. The van der Waals surface area contributed by atoms with Crippen molar-refractivity contribution in [1.29, 1.82) is 0 Å². The second-order valence-electron chi connectivity index (χ2n) is 6.71. The highest BCUT2D eigenvalue weighted by atomic mass is 79.9. The molecule has 1 heteroatoms. The molecule has 0 saturated heterocycles. The van der Waals surface area contributed by atoms with Gasteiger partial charge in [0.1, 0.15) is 0 Å². The summed E-state index contributed by atoms with van der Waals surface area (Å²) in [6.45, 7) is 4.66. The largest absolute Gasteiger partial charge is 0.0836 e. The number of allylic oxidation sites excluding steroid dienone is 4. The zero-order valence-electron chi connectivity index (χ0n) is 13.0. The molecule has 0 aromatic heterocycles. The molecule has 0 atom stereocenters. The van der Waals surface area contributed by atoms with Crippen molar-refractivity contribution in [2.45, 2.75) is 32.1 Å². The molecule has 22 heavy (non-hydrogen) atoms. The van der Waals surface area contributed by atoms with Crippen molar-refractivity contribution in [1.82, 2.24) is 0 Å². The number of rotatable bonds is 1. The summed E-state index contributed by atoms with van der Waals surface area (Å²) in [4.78, 5) is 0. The zero-order valence-corrected chi connectivity index (χ0v) is 14.6. The average molecular weight is 351 g/mol. The highest BCUT2D eigenvalue weighted by molar-refractivity contribution is 9.10. The number of hydrogen-bond donors (Lipinski definition) is 0. The van der Waals surface area contributed by atoms with E-state index in [1.165, 1.54) is 39.8 Å². The first-order valence-corrected chi connectivity index (χ1v) is 8.69. The van der Waals surface area contributed by atoms with Gasteiger partial charge in [-0.1, -0.05) is 66.2 Å². The number of fused-ring (bicyclic) bond motifs is 3. The van der Waals surface area contributed by atoms with Gasteiger partial charge in [0.2, 0.25) is 0 Å². The van der Waals surface area contributed by atoms with E-state index in [1.807, 2.05) is 0 Å². The van der Waals surface area contributed by atoms with E-state index >= 15 is 0 Å². The van der Waals surface area contributed by atoms with Gasteiger partial charge >= 0.3 is 0 Å². The van der Waals surface area contributed by atoms with Crippen molar-refractivity contribution in [2.75, 3.05) is 0 Å². The third-order valence-electron chi connectivity index (χ3n) is 4.97. The monoisotopic (exact) mass is 350 g/mol. The molecule has 0 radical (unpaired) electrons. The van der Waals surface area contributed by atoms with E-state index in [0.29, 0.717) is 0 Å². The fourth-order valence-corrected chi connectivity index (χ4v) is 4.08. The maximum absolute atomic E-state index is 3.62. The van der Waals surface area contributed by atoms with E-state index < -0.39 is 0 Å². The van der Waals surface area contributed by atoms with E-state index in [0.717, 1.165) is 10.9 Å². The fraction of sp³-hybridized carbons (Fsp3) is 0.238. The Kier molecular flexibility index (Phi) is 3.16. The molecule has 0 heterocycles. The molecule has 0 spiro atoms. The van der Waals surface area contributed by atoms with Gasteiger partial charge in [-0.3, -0.25) is 0 Å². The van der Waals surface area contributed by atoms with Crippen LogP contribution in [0.1, 0.15) is 43.4 Å². The third-order valence-corrected chi connectivity index (χ3v) is 5.46. The second-order valence-corrected chi connectivity index (χ2v) is 7.63. The van der Waals surface area contributed by atoms with E-state index in [1.54, 1.807) is 0 Å². The van der Waals surface area contributed by atoms with Gasteiger partial charge in [-0.05, 0) is 64.4 Å². The lowest BCUT2D eigenvalue weighted by Gasteiger charge is -2.22. The summed E-state index contributed by atoms with van der Waals surface area (Å²) in [6.07, 6.45) is 9.21. The van der Waals surface area contributed by atoms with Crippen LogP contribution in [0.5, 0.6) is 0 Å². The lowest BCUT2D eigenvalue weighted by molar-refractivity contribution is 0.660. The Balaban J connectivity index is 1.89. The Hall–Kier alpha value is -1.60. The minimum atomic E-state index is 0.0589. The number of benzene rings is 2. The second kappa shape index (κ2) is 4.96. The van der Waals surface area contributed by atoms with Crippen molar-refractivity contribution in [2.24, 2.45) is 0 Å². The molecule has 0 saturated carbocycles. The van der Waals surface area contributed by atoms with Gasteiger partial charge in [-0.2, -0.15) is 0 Å². The molecular formula is C21H19Br. The molecule has 0 unspecified atom stereocenters. The van der Waals surface area contributed by atoms with Crippen LogP contribution in [0.4, 0.5) is 0 Å². The summed E-state index contributed by atoms with van der Waals surface area (Å²) >= 11 is 3.62. The van der Waals surface area contributed by atoms with Gasteiger partial charge in [0, 0.05) is 9.89 Å². The van der Waals surface area contributed by atoms with Crippen LogP contribution >= 0.6 is 15.9 Å². The normalized spacial score (nSPS) is 17.9. The van der Waals surface area contributed by atoms with Gasteiger partial charge in [-0.25, -0.2) is 0 Å². The van der Waals surface area contributed by atoms with E-state index in [4.69, 9.17) is 0 Å². The Bertz CT molecular complexity index is 822. The molecule has 0 aliphatic heterocycles. The maximum atomic E-state index is 3.62. The quantitative estimate of drug-likeness (QED) is 0.551. The van der Waals surface area contributed by atoms with Gasteiger partial charge in [0.05, 0.1) is 0 Å². The predicted octanol–water partition coefficient (Wildman–Crippen LogP) is 6.49. The summed E-state index contributed by atoms with van der Waals surface area (Å²) in [5, 5.41) is 0. The topological polar surface area (TPSA) is 0 Å². The highest BCUT2D eigenvalue weighted by Gasteiger charge is 2.35. The summed E-state index contributed by atoms with van der Waals surface area (Å²) in [6, 6.07) is 13.6. The van der Waals surface area contributed by atoms with Gasteiger partial charge in [0.15, 0.2) is 0 Å². The molecule has 2 aliphatic carbocycles. The van der Waals surface area contributed by atoms with Crippen LogP contribution in [0.3, 0.4) is 0 Å². The highest BCUT2D eigenvalue weighted by Crippen LogP contribution is 2.50. The van der Waals surface area contributed by atoms with Crippen LogP contribution in [0, 0.1) is 0 Å². The molecular weight excluding hydrogens is 332 g/mol. The SMILES string of the molecule is CC1(C)c2cc(Br)ccc2-c2ccc(C3=CCCC=C3)cc21. The van der Waals surface area contributed by atoms with E-state index in [-0.39, 0.29) is 5.41 Å². The molecule has 0 bridgehead atoms. The van der Waals surface area contributed by atoms with Crippen LogP contribution in [0.15, 0.2) is 59.1 Å². The van der Waals surface area contributed by atoms with Crippen molar-refractivity contribution in [3.05, 3.63) is 75.8 Å². The Morgan fingerprint density at radius 2 is 1.64 bits per heavy atom. The lowest BCUT2D eigenvalue weighted by Crippen LogP contribution is -2.15. The summed E-state index contributed by atoms with van der Waals surface area (Å²) in [7, 11) is 0. The Labute approximate surface area is 140 Å². The Morgan fingerprint density at radius 3 is 2.36 bits per heavy atom. The minimum absolute atomic E-state index is 0.0589. The first kappa shape index (κ1) is 14.0. The predicted molar refractivity (Wildman–Crippen MR) is 98.1 cm³/mol. The summed E-state index contributed by atoms with van der Waals surface area (Å²) in [5.74, 6) is 0. The van der Waals surface area contributed by atoms with Gasteiger partial charge in [0.25, 0.3) is 0 Å². The van der Waals surface area contributed by atoms with Gasteiger partial charge < -0.3 is 0 Å². The number of hydrogen-bond acceptors (Lipinski definition) is 0. The van der Waals surface area contributed by atoms with Crippen LogP contribution in [-0.4, -0.2) is 0 Å². The van der Waals surface area contributed by atoms with Crippen molar-refractivity contribution < 1.29 is 0 Å². The van der Waals surface area contributed by atoms with Crippen LogP contribution in [-0.2, 0) is 5.41 Å². The lowest BCUT2D eigenvalue weighted by atomic mass is 9.81. The van der Waals surface area contributed by atoms with Gasteiger partial charge in [-0.15, -0.1) is 0 Å². The fourth-order valence-electron chi connectivity index (χ4n) is 3.72. The van der Waals surface area contributed by atoms with Crippen molar-refractivity contribution in [3.63, 3.8) is 0 Å². The van der Waals surface area contributed by atoms with Crippen molar-refractivity contribution in [3.8, 4) is 11.1 Å². The summed E-state index contributed by atoms with van der Waals surface area (Å²) in [5.41, 5.74) is 8.39.